The average molecular weight is 222 g/mol. The van der Waals surface area contributed by atoms with Crippen LogP contribution < -0.4 is 0 Å². The van der Waals surface area contributed by atoms with Gasteiger partial charge in [0.2, 0.25) is 0 Å². The maximum absolute atomic E-state index is 12.9. The summed E-state index contributed by atoms with van der Waals surface area (Å²) in [5.74, 6) is -1.34. The van der Waals surface area contributed by atoms with Crippen LogP contribution in [0.25, 0.3) is 0 Å². The van der Waals surface area contributed by atoms with Crippen LogP contribution in [0.2, 0.25) is 0 Å². The second-order valence-corrected chi connectivity index (χ2v) is 4.15. The Morgan fingerprint density at radius 2 is 2.19 bits per heavy atom. The van der Waals surface area contributed by atoms with Gasteiger partial charge >= 0.3 is 5.97 Å². The van der Waals surface area contributed by atoms with Crippen LogP contribution in [0.15, 0.2) is 18.2 Å². The highest BCUT2D eigenvalue weighted by Crippen LogP contribution is 2.29. The van der Waals surface area contributed by atoms with E-state index in [1.54, 1.807) is 6.92 Å². The van der Waals surface area contributed by atoms with Crippen LogP contribution in [0.3, 0.4) is 0 Å². The molecule has 0 spiro atoms. The fraction of sp³-hybridized carbons (Fsp3) is 0.333. The third-order valence-electron chi connectivity index (χ3n) is 2.88. The molecule has 1 aliphatic heterocycles. The van der Waals surface area contributed by atoms with Gasteiger partial charge in [-0.3, -0.25) is 4.79 Å². The minimum atomic E-state index is -1.12. The summed E-state index contributed by atoms with van der Waals surface area (Å²) >= 11 is 0. The van der Waals surface area contributed by atoms with Gasteiger partial charge in [0.25, 0.3) is 0 Å². The first-order chi connectivity index (χ1) is 7.42. The molecule has 3 nitrogen and oxygen atoms in total. The van der Waals surface area contributed by atoms with E-state index in [4.69, 9.17) is 4.74 Å². The Labute approximate surface area is 92.2 Å². The number of esters is 1. The Bertz CT molecular complexity index is 481. The van der Waals surface area contributed by atoms with Crippen LogP contribution in [0.4, 0.5) is 4.39 Å². The van der Waals surface area contributed by atoms with E-state index in [-0.39, 0.29) is 11.3 Å². The molecule has 1 aromatic rings. The maximum atomic E-state index is 12.9. The molecule has 0 fully saturated rings. The number of fused-ring (bicyclic) bond motifs is 1. The molecule has 2 rings (SSSR count). The summed E-state index contributed by atoms with van der Waals surface area (Å²) in [6.07, 6.45) is 0.295. The second-order valence-electron chi connectivity index (χ2n) is 4.15. The van der Waals surface area contributed by atoms with Crippen LogP contribution in [0.5, 0.6) is 0 Å². The molecule has 0 saturated carbocycles. The van der Waals surface area contributed by atoms with Crippen molar-refractivity contribution < 1.29 is 18.7 Å². The number of rotatable bonds is 1. The van der Waals surface area contributed by atoms with E-state index >= 15 is 0 Å². The van der Waals surface area contributed by atoms with E-state index in [0.717, 1.165) is 6.07 Å². The van der Waals surface area contributed by atoms with E-state index in [1.807, 2.05) is 0 Å². The Hall–Kier alpha value is -1.71. The molecular formula is C12H11FO3. The van der Waals surface area contributed by atoms with Gasteiger partial charge in [-0.05, 0) is 31.5 Å². The van der Waals surface area contributed by atoms with E-state index in [9.17, 15) is 14.0 Å². The average Bonchev–Trinajstić information content (AvgIpc) is 2.19. The molecule has 0 saturated heterocycles. The molecule has 1 aliphatic rings. The number of carbonyl (C=O) groups excluding carboxylic acids is 2. The molecular weight excluding hydrogens is 211 g/mol. The van der Waals surface area contributed by atoms with Crippen LogP contribution >= 0.6 is 0 Å². The van der Waals surface area contributed by atoms with Crippen molar-refractivity contribution in [1.29, 1.82) is 0 Å². The zero-order valence-corrected chi connectivity index (χ0v) is 9.04. The highest BCUT2D eigenvalue weighted by molar-refractivity contribution is 5.97. The summed E-state index contributed by atoms with van der Waals surface area (Å²) < 4.78 is 18.0. The van der Waals surface area contributed by atoms with Crippen molar-refractivity contribution in [2.75, 3.05) is 0 Å². The van der Waals surface area contributed by atoms with Crippen molar-refractivity contribution in [2.24, 2.45) is 0 Å². The van der Waals surface area contributed by atoms with E-state index in [0.29, 0.717) is 12.0 Å². The fourth-order valence-electron chi connectivity index (χ4n) is 1.75. The lowest BCUT2D eigenvalue weighted by Crippen LogP contribution is -2.44. The number of carbonyl (C=O) groups is 2. The first-order valence-electron chi connectivity index (χ1n) is 4.95. The monoisotopic (exact) mass is 222 g/mol. The number of benzene rings is 1. The number of ketones is 1. The molecule has 4 heteroatoms. The minimum Gasteiger partial charge on any atom is -0.447 e. The minimum absolute atomic E-state index is 0.207. The Balaban J connectivity index is 2.49. The normalized spacial score (nSPS) is 23.6. The van der Waals surface area contributed by atoms with Gasteiger partial charge in [-0.2, -0.15) is 0 Å². The topological polar surface area (TPSA) is 43.4 Å². The number of hydrogen-bond acceptors (Lipinski definition) is 3. The molecule has 84 valence electrons. The van der Waals surface area contributed by atoms with E-state index in [1.165, 1.54) is 19.1 Å². The standard InChI is InChI=1S/C12H11FO3/c1-7(14)12(2)6-8-3-4-9(13)5-10(8)11(15)16-12/h3-5H,6H2,1-2H3. The van der Waals surface area contributed by atoms with Crippen molar-refractivity contribution >= 4 is 11.8 Å². The molecule has 1 heterocycles. The van der Waals surface area contributed by atoms with Crippen molar-refractivity contribution in [2.45, 2.75) is 25.9 Å². The second kappa shape index (κ2) is 3.40. The van der Waals surface area contributed by atoms with Crippen molar-refractivity contribution in [3.05, 3.63) is 35.1 Å². The molecule has 16 heavy (non-hydrogen) atoms. The van der Waals surface area contributed by atoms with Crippen molar-refractivity contribution in [3.8, 4) is 0 Å². The van der Waals surface area contributed by atoms with Gasteiger partial charge in [0, 0.05) is 6.42 Å². The van der Waals surface area contributed by atoms with Crippen molar-refractivity contribution in [3.63, 3.8) is 0 Å². The third-order valence-corrected chi connectivity index (χ3v) is 2.88. The number of ether oxygens (including phenoxy) is 1. The molecule has 1 unspecified atom stereocenters. The molecule has 0 bridgehead atoms. The first-order valence-corrected chi connectivity index (χ1v) is 4.95. The number of Topliss-reactive ketones (excluding diaryl/α,β-unsaturated/α-hetero) is 1. The summed E-state index contributed by atoms with van der Waals surface area (Å²) in [6, 6.07) is 3.93. The van der Waals surface area contributed by atoms with Crippen LogP contribution in [-0.4, -0.2) is 17.4 Å². The van der Waals surface area contributed by atoms with Gasteiger partial charge < -0.3 is 4.74 Å². The third kappa shape index (κ3) is 1.60. The maximum Gasteiger partial charge on any atom is 0.339 e. The van der Waals surface area contributed by atoms with Crippen LogP contribution in [-0.2, 0) is 16.0 Å². The zero-order chi connectivity index (χ0) is 11.9. The molecule has 1 aromatic carbocycles. The Morgan fingerprint density at radius 1 is 1.50 bits per heavy atom. The zero-order valence-electron chi connectivity index (χ0n) is 9.04. The highest BCUT2D eigenvalue weighted by atomic mass is 19.1. The predicted molar refractivity (Wildman–Crippen MR) is 54.6 cm³/mol. The first kappa shape index (κ1) is 10.8. The summed E-state index contributed by atoms with van der Waals surface area (Å²) in [6.45, 7) is 2.95. The summed E-state index contributed by atoms with van der Waals surface area (Å²) in [5, 5.41) is 0. The Morgan fingerprint density at radius 3 is 2.81 bits per heavy atom. The summed E-state index contributed by atoms with van der Waals surface area (Å²) in [4.78, 5) is 23.0. The van der Waals surface area contributed by atoms with Crippen LogP contribution in [0, 0.1) is 5.82 Å². The quantitative estimate of drug-likeness (QED) is 0.681. The Kier molecular flexibility index (Phi) is 2.30. The van der Waals surface area contributed by atoms with Gasteiger partial charge in [0.1, 0.15) is 5.82 Å². The smallest absolute Gasteiger partial charge is 0.339 e. The summed E-state index contributed by atoms with van der Waals surface area (Å²) in [7, 11) is 0. The van der Waals surface area contributed by atoms with Gasteiger partial charge in [0.15, 0.2) is 11.4 Å². The largest absolute Gasteiger partial charge is 0.447 e. The SMILES string of the molecule is CC(=O)C1(C)Cc2ccc(F)cc2C(=O)O1. The van der Waals surface area contributed by atoms with Gasteiger partial charge in [-0.15, -0.1) is 0 Å². The van der Waals surface area contributed by atoms with E-state index < -0.39 is 17.4 Å². The van der Waals surface area contributed by atoms with Gasteiger partial charge in [-0.25, -0.2) is 9.18 Å². The summed E-state index contributed by atoms with van der Waals surface area (Å²) in [5.41, 5.74) is -0.267. The predicted octanol–water partition coefficient (Wildman–Crippen LogP) is 1.89. The van der Waals surface area contributed by atoms with E-state index in [2.05, 4.69) is 0 Å². The fourth-order valence-corrected chi connectivity index (χ4v) is 1.75. The lowest BCUT2D eigenvalue weighted by molar-refractivity contribution is -0.135. The van der Waals surface area contributed by atoms with Crippen molar-refractivity contribution in [1.82, 2.24) is 0 Å². The number of hydrogen-bond donors (Lipinski definition) is 0. The molecule has 0 radical (unpaired) electrons. The van der Waals surface area contributed by atoms with Gasteiger partial charge in [-0.1, -0.05) is 6.07 Å². The number of cyclic esters (lactones) is 1. The molecule has 0 N–H and O–H groups in total. The van der Waals surface area contributed by atoms with Gasteiger partial charge in [0.05, 0.1) is 5.56 Å². The molecule has 1 atom stereocenters. The number of halogens is 1. The molecule has 0 aliphatic carbocycles. The lowest BCUT2D eigenvalue weighted by atomic mass is 9.87. The molecule has 0 aromatic heterocycles. The lowest BCUT2D eigenvalue weighted by Gasteiger charge is -2.32. The highest BCUT2D eigenvalue weighted by Gasteiger charge is 2.40. The molecule has 0 amide bonds. The van der Waals surface area contributed by atoms with Crippen LogP contribution in [0.1, 0.15) is 29.8 Å².